The molecule has 0 bridgehead atoms. The molecule has 3 heteroatoms. The number of ether oxygens (including phenoxy) is 2. The van der Waals surface area contributed by atoms with E-state index in [1.54, 1.807) is 7.11 Å². The van der Waals surface area contributed by atoms with E-state index in [2.05, 4.69) is 0 Å². The van der Waals surface area contributed by atoms with Crippen LogP contribution in [0.25, 0.3) is 0 Å². The van der Waals surface area contributed by atoms with Gasteiger partial charge in [0.05, 0.1) is 20.3 Å². The summed E-state index contributed by atoms with van der Waals surface area (Å²) in [5.74, 6) is 0.837. The van der Waals surface area contributed by atoms with Crippen molar-refractivity contribution in [1.82, 2.24) is 0 Å². The second-order valence-electron chi connectivity index (χ2n) is 3.19. The van der Waals surface area contributed by atoms with Crippen molar-refractivity contribution in [3.8, 4) is 5.75 Å². The molecule has 2 nitrogen and oxygen atoms in total. The molecule has 0 amide bonds. The number of benzene rings is 1. The molecule has 1 aromatic rings. The van der Waals surface area contributed by atoms with E-state index in [1.807, 2.05) is 24.3 Å². The average Bonchev–Trinajstić information content (AvgIpc) is 2.14. The molecular formula is C10H11ClO2. The van der Waals surface area contributed by atoms with Gasteiger partial charge in [-0.05, 0) is 17.7 Å². The molecule has 1 fully saturated rings. The van der Waals surface area contributed by atoms with Crippen molar-refractivity contribution in [1.29, 1.82) is 0 Å². The van der Waals surface area contributed by atoms with Gasteiger partial charge in [-0.2, -0.15) is 0 Å². The Kier molecular flexibility index (Phi) is 2.18. The largest absolute Gasteiger partial charge is 0.497 e. The van der Waals surface area contributed by atoms with E-state index in [0.29, 0.717) is 13.2 Å². The summed E-state index contributed by atoms with van der Waals surface area (Å²) in [5, 5.41) is 0. The molecule has 0 aromatic heterocycles. The highest BCUT2D eigenvalue weighted by atomic mass is 35.5. The van der Waals surface area contributed by atoms with E-state index < -0.39 is 0 Å². The SMILES string of the molecule is COc1cccc(C2(Cl)COC2)c1. The van der Waals surface area contributed by atoms with Crippen LogP contribution < -0.4 is 4.74 Å². The topological polar surface area (TPSA) is 18.5 Å². The minimum atomic E-state index is -0.325. The molecule has 0 saturated carbocycles. The summed E-state index contributed by atoms with van der Waals surface area (Å²) in [7, 11) is 1.65. The Balaban J connectivity index is 2.29. The van der Waals surface area contributed by atoms with Crippen LogP contribution in [0.1, 0.15) is 5.56 Å². The van der Waals surface area contributed by atoms with E-state index in [1.165, 1.54) is 0 Å². The third-order valence-corrected chi connectivity index (χ3v) is 2.69. The summed E-state index contributed by atoms with van der Waals surface area (Å²) < 4.78 is 10.2. The maximum Gasteiger partial charge on any atom is 0.119 e. The van der Waals surface area contributed by atoms with E-state index in [-0.39, 0.29) is 4.87 Å². The Morgan fingerprint density at radius 3 is 2.77 bits per heavy atom. The molecule has 0 aliphatic carbocycles. The first kappa shape index (κ1) is 8.85. The fraction of sp³-hybridized carbons (Fsp3) is 0.400. The molecule has 0 spiro atoms. The summed E-state index contributed by atoms with van der Waals surface area (Å²) in [4.78, 5) is -0.325. The van der Waals surface area contributed by atoms with Crippen molar-refractivity contribution in [2.75, 3.05) is 20.3 Å². The second-order valence-corrected chi connectivity index (χ2v) is 3.91. The standard InChI is InChI=1S/C10H11ClO2/c1-12-9-4-2-3-8(5-9)10(11)6-13-7-10/h2-5H,6-7H2,1H3. The molecule has 0 atom stereocenters. The van der Waals surface area contributed by atoms with Crippen LogP contribution in [0.5, 0.6) is 5.75 Å². The first-order chi connectivity index (χ1) is 6.24. The van der Waals surface area contributed by atoms with Crippen molar-refractivity contribution >= 4 is 11.6 Å². The Morgan fingerprint density at radius 2 is 2.23 bits per heavy atom. The van der Waals surface area contributed by atoms with Gasteiger partial charge in [-0.15, -0.1) is 11.6 Å². The predicted octanol–water partition coefficient (Wildman–Crippen LogP) is 2.16. The third-order valence-electron chi connectivity index (χ3n) is 2.25. The maximum atomic E-state index is 6.28. The van der Waals surface area contributed by atoms with Gasteiger partial charge in [0, 0.05) is 0 Å². The van der Waals surface area contributed by atoms with Gasteiger partial charge in [0.25, 0.3) is 0 Å². The van der Waals surface area contributed by atoms with Crippen molar-refractivity contribution in [2.24, 2.45) is 0 Å². The Morgan fingerprint density at radius 1 is 1.46 bits per heavy atom. The minimum Gasteiger partial charge on any atom is -0.497 e. The number of hydrogen-bond donors (Lipinski definition) is 0. The van der Waals surface area contributed by atoms with Gasteiger partial charge in [0.2, 0.25) is 0 Å². The van der Waals surface area contributed by atoms with Crippen molar-refractivity contribution in [3.63, 3.8) is 0 Å². The van der Waals surface area contributed by atoms with Gasteiger partial charge in [-0.3, -0.25) is 0 Å². The van der Waals surface area contributed by atoms with Crippen LogP contribution in [-0.2, 0) is 9.61 Å². The predicted molar refractivity (Wildman–Crippen MR) is 51.3 cm³/mol. The lowest BCUT2D eigenvalue weighted by atomic mass is 9.96. The minimum absolute atomic E-state index is 0.325. The first-order valence-corrected chi connectivity index (χ1v) is 4.54. The average molecular weight is 199 g/mol. The zero-order valence-electron chi connectivity index (χ0n) is 7.42. The molecule has 1 saturated heterocycles. The molecule has 0 radical (unpaired) electrons. The fourth-order valence-corrected chi connectivity index (χ4v) is 1.62. The second kappa shape index (κ2) is 3.20. The molecule has 1 aliphatic rings. The molecule has 2 rings (SSSR count). The summed E-state index contributed by atoms with van der Waals surface area (Å²) in [6.45, 7) is 1.17. The maximum absolute atomic E-state index is 6.28. The number of alkyl halides is 1. The van der Waals surface area contributed by atoms with Crippen LogP contribution >= 0.6 is 11.6 Å². The van der Waals surface area contributed by atoms with Crippen molar-refractivity contribution < 1.29 is 9.47 Å². The van der Waals surface area contributed by atoms with Crippen LogP contribution in [0.15, 0.2) is 24.3 Å². The fourth-order valence-electron chi connectivity index (χ4n) is 1.35. The Hall–Kier alpha value is -0.730. The van der Waals surface area contributed by atoms with Gasteiger partial charge in [-0.25, -0.2) is 0 Å². The molecular weight excluding hydrogens is 188 g/mol. The van der Waals surface area contributed by atoms with Crippen molar-refractivity contribution in [3.05, 3.63) is 29.8 Å². The highest BCUT2D eigenvalue weighted by Crippen LogP contribution is 2.37. The lowest BCUT2D eigenvalue weighted by Crippen LogP contribution is -2.41. The van der Waals surface area contributed by atoms with Gasteiger partial charge in [0.1, 0.15) is 10.6 Å². The summed E-state index contributed by atoms with van der Waals surface area (Å²) in [6, 6.07) is 7.80. The Labute approximate surface area is 82.4 Å². The van der Waals surface area contributed by atoms with Crippen LogP contribution in [0, 0.1) is 0 Å². The lowest BCUT2D eigenvalue weighted by molar-refractivity contribution is -0.0152. The molecule has 1 heterocycles. The summed E-state index contributed by atoms with van der Waals surface area (Å²) in [6.07, 6.45) is 0. The summed E-state index contributed by atoms with van der Waals surface area (Å²) in [5.41, 5.74) is 1.07. The quantitative estimate of drug-likeness (QED) is 0.678. The van der Waals surface area contributed by atoms with Crippen LogP contribution in [0.4, 0.5) is 0 Å². The third kappa shape index (κ3) is 1.52. The van der Waals surface area contributed by atoms with E-state index in [0.717, 1.165) is 11.3 Å². The number of hydrogen-bond acceptors (Lipinski definition) is 2. The van der Waals surface area contributed by atoms with E-state index >= 15 is 0 Å². The highest BCUT2D eigenvalue weighted by molar-refractivity contribution is 6.24. The molecule has 13 heavy (non-hydrogen) atoms. The zero-order valence-corrected chi connectivity index (χ0v) is 8.17. The molecule has 0 N–H and O–H groups in total. The molecule has 70 valence electrons. The smallest absolute Gasteiger partial charge is 0.119 e. The normalized spacial score (nSPS) is 19.2. The van der Waals surface area contributed by atoms with Gasteiger partial charge >= 0.3 is 0 Å². The molecule has 1 aromatic carbocycles. The van der Waals surface area contributed by atoms with Gasteiger partial charge in [0.15, 0.2) is 0 Å². The number of rotatable bonds is 2. The first-order valence-electron chi connectivity index (χ1n) is 4.16. The zero-order chi connectivity index (χ0) is 9.31. The molecule has 1 aliphatic heterocycles. The van der Waals surface area contributed by atoms with E-state index in [9.17, 15) is 0 Å². The number of methoxy groups -OCH3 is 1. The van der Waals surface area contributed by atoms with Gasteiger partial charge in [-0.1, -0.05) is 12.1 Å². The van der Waals surface area contributed by atoms with Crippen molar-refractivity contribution in [2.45, 2.75) is 4.87 Å². The number of halogens is 1. The Bertz CT molecular complexity index is 308. The highest BCUT2D eigenvalue weighted by Gasteiger charge is 2.38. The monoisotopic (exact) mass is 198 g/mol. The van der Waals surface area contributed by atoms with Crippen LogP contribution in [-0.4, -0.2) is 20.3 Å². The molecule has 0 unspecified atom stereocenters. The van der Waals surface area contributed by atoms with Crippen LogP contribution in [0.2, 0.25) is 0 Å². The van der Waals surface area contributed by atoms with E-state index in [4.69, 9.17) is 21.1 Å². The lowest BCUT2D eigenvalue weighted by Gasteiger charge is -2.35. The summed E-state index contributed by atoms with van der Waals surface area (Å²) >= 11 is 6.28. The van der Waals surface area contributed by atoms with Gasteiger partial charge < -0.3 is 9.47 Å². The van der Waals surface area contributed by atoms with Crippen LogP contribution in [0.3, 0.4) is 0 Å².